The smallest absolute Gasteiger partial charge is 0.310 e. The molecule has 3 saturated carbocycles. The Labute approximate surface area is 274 Å². The Hall–Kier alpha value is -3.47. The third-order valence-electron chi connectivity index (χ3n) is 12.8. The van der Waals surface area contributed by atoms with Gasteiger partial charge in [0.1, 0.15) is 11.7 Å². The van der Waals surface area contributed by atoms with Gasteiger partial charge >= 0.3 is 23.9 Å². The number of ketones is 1. The molecule has 1 aliphatic heterocycles. The number of furan rings is 1. The number of methoxy groups -OCH3 is 1. The van der Waals surface area contributed by atoms with E-state index in [0.29, 0.717) is 30.4 Å². The molecule has 1 aromatic rings. The highest BCUT2D eigenvalue weighted by Crippen LogP contribution is 2.80. The number of rotatable bonds is 8. The van der Waals surface area contributed by atoms with Crippen LogP contribution in [0.25, 0.3) is 0 Å². The minimum absolute atomic E-state index is 0.0518. The average molecular weight is 655 g/mol. The summed E-state index contributed by atoms with van der Waals surface area (Å²) in [5.74, 6) is -5.51. The summed E-state index contributed by atoms with van der Waals surface area (Å²) in [4.78, 5) is 69.2. The summed E-state index contributed by atoms with van der Waals surface area (Å²) in [6, 6.07) is 1.73. The SMILES string of the molecule is CC[C@H](C)C(=O)O[C@@]12C(=O)C3=C4CC(=O)O[C@@H](c5ccoc5)[C@]4(C)CC[C@@H]3[C@]3(C)[C@@H](CC(=O)OC)[C@](C)(C[C@@]31O)[C@@H]2OC(=O)C(C)C. The van der Waals surface area contributed by atoms with E-state index in [1.807, 2.05) is 20.8 Å². The molecule has 256 valence electrons. The van der Waals surface area contributed by atoms with Crippen LogP contribution in [-0.4, -0.2) is 59.2 Å². The number of aliphatic hydroxyl groups is 1. The maximum absolute atomic E-state index is 15.6. The van der Waals surface area contributed by atoms with Crippen molar-refractivity contribution in [1.29, 1.82) is 0 Å². The van der Waals surface area contributed by atoms with Crippen molar-refractivity contribution >= 4 is 29.7 Å². The van der Waals surface area contributed by atoms with E-state index >= 15 is 4.79 Å². The first-order valence-corrected chi connectivity index (χ1v) is 16.7. The van der Waals surface area contributed by atoms with E-state index in [-0.39, 0.29) is 24.8 Å². The summed E-state index contributed by atoms with van der Waals surface area (Å²) in [6.45, 7) is 12.4. The van der Waals surface area contributed by atoms with Crippen LogP contribution in [0.2, 0.25) is 0 Å². The first-order valence-electron chi connectivity index (χ1n) is 16.7. The monoisotopic (exact) mass is 654 g/mol. The molecule has 10 atom stereocenters. The van der Waals surface area contributed by atoms with Crippen LogP contribution in [0, 0.1) is 39.9 Å². The van der Waals surface area contributed by atoms with Crippen LogP contribution >= 0.6 is 0 Å². The summed E-state index contributed by atoms with van der Waals surface area (Å²) in [7, 11) is 1.29. The minimum atomic E-state index is -2.32. The summed E-state index contributed by atoms with van der Waals surface area (Å²) >= 11 is 0. The van der Waals surface area contributed by atoms with Crippen LogP contribution in [0.15, 0.2) is 34.2 Å². The van der Waals surface area contributed by atoms with Gasteiger partial charge in [0, 0.05) is 33.8 Å². The van der Waals surface area contributed by atoms with Crippen molar-refractivity contribution in [3.63, 3.8) is 0 Å². The Morgan fingerprint density at radius 1 is 1.11 bits per heavy atom. The van der Waals surface area contributed by atoms with Gasteiger partial charge in [-0.2, -0.15) is 0 Å². The molecule has 0 aromatic carbocycles. The maximum Gasteiger partial charge on any atom is 0.310 e. The van der Waals surface area contributed by atoms with Crippen LogP contribution in [0.4, 0.5) is 0 Å². The third kappa shape index (κ3) is 4.10. The highest BCUT2D eigenvalue weighted by Gasteiger charge is 2.92. The summed E-state index contributed by atoms with van der Waals surface area (Å²) in [5, 5.41) is 13.2. The van der Waals surface area contributed by atoms with E-state index in [4.69, 9.17) is 23.4 Å². The van der Waals surface area contributed by atoms with Crippen LogP contribution < -0.4 is 0 Å². The summed E-state index contributed by atoms with van der Waals surface area (Å²) in [6.07, 6.45) is 1.83. The van der Waals surface area contributed by atoms with Gasteiger partial charge in [0.05, 0.1) is 37.9 Å². The fourth-order valence-corrected chi connectivity index (χ4v) is 10.2. The number of cyclic esters (lactones) is 1. The van der Waals surface area contributed by atoms with Crippen LogP contribution in [0.5, 0.6) is 0 Å². The fraction of sp³-hybridized carbons (Fsp3) is 0.694. The Morgan fingerprint density at radius 2 is 1.81 bits per heavy atom. The molecule has 11 heteroatoms. The zero-order chi connectivity index (χ0) is 34.5. The second-order valence-corrected chi connectivity index (χ2v) is 15.4. The minimum Gasteiger partial charge on any atom is -0.472 e. The average Bonchev–Trinajstić information content (AvgIpc) is 3.67. The summed E-state index contributed by atoms with van der Waals surface area (Å²) in [5.41, 5.74) is -6.07. The molecule has 47 heavy (non-hydrogen) atoms. The fourth-order valence-electron chi connectivity index (χ4n) is 10.2. The molecule has 0 radical (unpaired) electrons. The Morgan fingerprint density at radius 3 is 2.40 bits per heavy atom. The number of fused-ring (bicyclic) bond motifs is 4. The lowest BCUT2D eigenvalue weighted by Gasteiger charge is -2.66. The topological polar surface area (TPSA) is 156 Å². The predicted molar refractivity (Wildman–Crippen MR) is 164 cm³/mol. The van der Waals surface area contributed by atoms with E-state index in [1.54, 1.807) is 33.8 Å². The molecule has 2 bridgehead atoms. The van der Waals surface area contributed by atoms with E-state index in [0.717, 1.165) is 0 Å². The molecule has 0 spiro atoms. The quantitative estimate of drug-likeness (QED) is 0.304. The number of Topliss-reactive ketones (excluding diaryl/α,β-unsaturated/α-hetero) is 1. The zero-order valence-corrected chi connectivity index (χ0v) is 28.5. The van der Waals surface area contributed by atoms with Gasteiger partial charge in [-0.05, 0) is 49.2 Å². The van der Waals surface area contributed by atoms with Crippen molar-refractivity contribution in [2.24, 2.45) is 39.9 Å². The second kappa shape index (κ2) is 10.8. The first kappa shape index (κ1) is 33.4. The number of carbonyl (C=O) groups excluding carboxylic acids is 5. The van der Waals surface area contributed by atoms with Gasteiger partial charge in [-0.1, -0.05) is 48.5 Å². The van der Waals surface area contributed by atoms with Crippen molar-refractivity contribution in [3.05, 3.63) is 35.3 Å². The molecule has 2 heterocycles. The highest BCUT2D eigenvalue weighted by atomic mass is 16.6. The zero-order valence-electron chi connectivity index (χ0n) is 28.5. The molecule has 4 aliphatic carbocycles. The molecule has 0 unspecified atom stereocenters. The molecule has 1 N–H and O–H groups in total. The van der Waals surface area contributed by atoms with E-state index < -0.39 is 93.0 Å². The van der Waals surface area contributed by atoms with Gasteiger partial charge in [-0.15, -0.1) is 0 Å². The molecule has 11 nitrogen and oxygen atoms in total. The van der Waals surface area contributed by atoms with Gasteiger partial charge in [0.15, 0.2) is 6.10 Å². The molecule has 1 saturated heterocycles. The van der Waals surface area contributed by atoms with Crippen molar-refractivity contribution in [2.45, 2.75) is 110 Å². The first-order chi connectivity index (χ1) is 22.0. The van der Waals surface area contributed by atoms with Gasteiger partial charge in [-0.3, -0.25) is 24.0 Å². The lowest BCUT2D eigenvalue weighted by molar-refractivity contribution is -0.281. The van der Waals surface area contributed by atoms with Crippen LogP contribution in [0.1, 0.15) is 98.7 Å². The lowest BCUT2D eigenvalue weighted by atomic mass is 9.41. The molecule has 6 rings (SSSR count). The molecule has 1 aromatic heterocycles. The van der Waals surface area contributed by atoms with Gasteiger partial charge in [0.2, 0.25) is 11.4 Å². The van der Waals surface area contributed by atoms with Crippen molar-refractivity contribution in [1.82, 2.24) is 0 Å². The van der Waals surface area contributed by atoms with E-state index in [1.165, 1.54) is 19.6 Å². The largest absolute Gasteiger partial charge is 0.472 e. The van der Waals surface area contributed by atoms with Gasteiger partial charge in [-0.25, -0.2) is 0 Å². The molecular formula is C36H46O11. The third-order valence-corrected chi connectivity index (χ3v) is 12.8. The van der Waals surface area contributed by atoms with Crippen LogP contribution in [0.3, 0.4) is 0 Å². The number of carbonyl (C=O) groups is 5. The number of esters is 4. The summed E-state index contributed by atoms with van der Waals surface area (Å²) < 4.78 is 29.0. The highest BCUT2D eigenvalue weighted by molar-refractivity contribution is 6.09. The normalized spacial score (nSPS) is 40.8. The van der Waals surface area contributed by atoms with E-state index in [9.17, 15) is 24.3 Å². The Bertz CT molecular complexity index is 1560. The number of ether oxygens (including phenoxy) is 4. The molecule has 5 aliphatic rings. The van der Waals surface area contributed by atoms with Gasteiger partial charge in [0.25, 0.3) is 0 Å². The van der Waals surface area contributed by atoms with Gasteiger partial charge < -0.3 is 28.5 Å². The second-order valence-electron chi connectivity index (χ2n) is 15.4. The maximum atomic E-state index is 15.6. The molecule has 4 fully saturated rings. The number of hydrogen-bond acceptors (Lipinski definition) is 11. The van der Waals surface area contributed by atoms with Crippen LogP contribution in [-0.2, 0) is 42.9 Å². The van der Waals surface area contributed by atoms with Crippen molar-refractivity contribution in [3.8, 4) is 0 Å². The standard InChI is InChI=1S/C36H46O11/c1-9-19(4)30(41)47-36-27(39)26-21(10-12-32(5)22(26)14-25(38)45-28(32)20-11-13-44-16-20)34(7)23(15-24(37)43-8)33(6,17-35(34,36)42)31(36)46-29(40)18(2)3/h11,13,16,18-19,21,23,28,31,42H,9-10,12,14-15,17H2,1-8H3/t19-,21-,23-,28-,31-,32+,33-,34+,35+,36+/m0/s1. The van der Waals surface area contributed by atoms with E-state index in [2.05, 4.69) is 0 Å². The lowest BCUT2D eigenvalue weighted by Crippen LogP contribution is -2.80. The predicted octanol–water partition coefficient (Wildman–Crippen LogP) is 4.80. The molecule has 0 amide bonds. The Balaban J connectivity index is 1.66. The number of hydrogen-bond donors (Lipinski definition) is 1. The molecular weight excluding hydrogens is 608 g/mol. The van der Waals surface area contributed by atoms with Crippen molar-refractivity contribution in [2.75, 3.05) is 7.11 Å². The van der Waals surface area contributed by atoms with Crippen molar-refractivity contribution < 1.29 is 52.4 Å². The Kier molecular flexibility index (Phi) is 7.66.